The van der Waals surface area contributed by atoms with Crippen molar-refractivity contribution in [1.82, 2.24) is 25.0 Å². The molecule has 2 aromatic rings. The maximum atomic E-state index is 12.6. The van der Waals surface area contributed by atoms with E-state index in [9.17, 15) is 9.59 Å². The lowest BCUT2D eigenvalue weighted by molar-refractivity contribution is -0.129. The first kappa shape index (κ1) is 17.9. The zero-order valence-corrected chi connectivity index (χ0v) is 15.2. The Labute approximate surface area is 152 Å². The van der Waals surface area contributed by atoms with Gasteiger partial charge in [-0.2, -0.15) is 5.10 Å². The Balaban J connectivity index is 1.78. The highest BCUT2D eigenvalue weighted by Crippen LogP contribution is 2.29. The topological polar surface area (TPSA) is 89.3 Å². The molecule has 0 aromatic carbocycles. The Morgan fingerprint density at radius 1 is 1.42 bits per heavy atom. The summed E-state index contributed by atoms with van der Waals surface area (Å²) < 4.78 is 6.82. The molecular formula is C18H23N5O3. The van der Waals surface area contributed by atoms with Gasteiger partial charge in [0.15, 0.2) is 0 Å². The van der Waals surface area contributed by atoms with Crippen molar-refractivity contribution in [3.05, 3.63) is 41.3 Å². The number of carbonyl (C=O) groups is 2. The predicted octanol–water partition coefficient (Wildman–Crippen LogP) is 1.18. The molecule has 1 atom stereocenters. The van der Waals surface area contributed by atoms with Gasteiger partial charge < -0.3 is 15.0 Å². The molecule has 2 heterocycles. The molecule has 2 amide bonds. The number of pyridine rings is 1. The molecule has 1 aliphatic rings. The fourth-order valence-corrected chi connectivity index (χ4v) is 3.06. The fraction of sp³-hybridized carbons (Fsp3) is 0.444. The Morgan fingerprint density at radius 3 is 2.96 bits per heavy atom. The van der Waals surface area contributed by atoms with E-state index < -0.39 is 0 Å². The first-order valence-corrected chi connectivity index (χ1v) is 8.56. The number of hydrogen-bond acceptors (Lipinski definition) is 5. The minimum absolute atomic E-state index is 0.0227. The van der Waals surface area contributed by atoms with Gasteiger partial charge in [0.05, 0.1) is 18.8 Å². The number of hydrogen-bond donors (Lipinski definition) is 1. The number of rotatable bonds is 5. The van der Waals surface area contributed by atoms with Crippen LogP contribution in [-0.4, -0.2) is 52.7 Å². The third kappa shape index (κ3) is 3.68. The molecule has 138 valence electrons. The normalized spacial score (nSPS) is 15.9. The van der Waals surface area contributed by atoms with Crippen molar-refractivity contribution in [2.45, 2.75) is 31.8 Å². The van der Waals surface area contributed by atoms with Gasteiger partial charge in [0.1, 0.15) is 12.1 Å². The summed E-state index contributed by atoms with van der Waals surface area (Å²) in [6.07, 6.45) is 6.14. The Bertz CT molecular complexity index is 815. The van der Waals surface area contributed by atoms with Crippen molar-refractivity contribution in [3.8, 4) is 5.88 Å². The number of ether oxygens (including phenoxy) is 1. The summed E-state index contributed by atoms with van der Waals surface area (Å²) in [4.78, 5) is 30.2. The fourth-order valence-electron chi connectivity index (χ4n) is 3.06. The summed E-state index contributed by atoms with van der Waals surface area (Å²) in [6.45, 7) is 0.192. The van der Waals surface area contributed by atoms with Gasteiger partial charge in [-0.3, -0.25) is 14.3 Å². The van der Waals surface area contributed by atoms with Gasteiger partial charge in [-0.15, -0.1) is 0 Å². The van der Waals surface area contributed by atoms with Crippen LogP contribution in [0.1, 0.15) is 40.5 Å². The highest BCUT2D eigenvalue weighted by molar-refractivity contribution is 5.96. The summed E-state index contributed by atoms with van der Waals surface area (Å²) in [6, 6.07) is 3.19. The zero-order chi connectivity index (χ0) is 18.7. The van der Waals surface area contributed by atoms with Crippen molar-refractivity contribution < 1.29 is 14.3 Å². The molecule has 8 heteroatoms. The summed E-state index contributed by atoms with van der Waals surface area (Å²) in [5.41, 5.74) is 2.30. The lowest BCUT2D eigenvalue weighted by Gasteiger charge is -2.22. The van der Waals surface area contributed by atoms with Gasteiger partial charge in [0.2, 0.25) is 11.8 Å². The minimum Gasteiger partial charge on any atom is -0.480 e. The molecule has 2 aromatic heterocycles. The van der Waals surface area contributed by atoms with E-state index in [4.69, 9.17) is 4.74 Å². The maximum Gasteiger partial charge on any atom is 0.257 e. The number of nitrogens with zero attached hydrogens (tertiary/aromatic N) is 4. The molecule has 0 radical (unpaired) electrons. The van der Waals surface area contributed by atoms with Crippen LogP contribution in [0.25, 0.3) is 0 Å². The molecule has 8 nitrogen and oxygen atoms in total. The first-order valence-electron chi connectivity index (χ1n) is 8.56. The predicted molar refractivity (Wildman–Crippen MR) is 94.9 cm³/mol. The van der Waals surface area contributed by atoms with E-state index in [1.165, 1.54) is 12.0 Å². The Kier molecular flexibility index (Phi) is 5.20. The van der Waals surface area contributed by atoms with Crippen LogP contribution in [0.5, 0.6) is 5.88 Å². The molecular weight excluding hydrogens is 334 g/mol. The zero-order valence-electron chi connectivity index (χ0n) is 15.2. The van der Waals surface area contributed by atoms with Crippen LogP contribution in [0.3, 0.4) is 0 Å². The number of fused-ring (bicyclic) bond motifs is 1. The molecule has 0 aliphatic heterocycles. The highest BCUT2D eigenvalue weighted by Gasteiger charge is 2.27. The third-order valence-electron chi connectivity index (χ3n) is 4.45. The van der Waals surface area contributed by atoms with E-state index in [1.54, 1.807) is 37.1 Å². The van der Waals surface area contributed by atoms with E-state index in [2.05, 4.69) is 15.4 Å². The van der Waals surface area contributed by atoms with E-state index in [0.717, 1.165) is 30.5 Å². The second kappa shape index (κ2) is 7.55. The molecule has 3 rings (SSSR count). The number of likely N-dealkylation sites (N-methyl/N-ethyl adjacent to an activating group) is 1. The van der Waals surface area contributed by atoms with Crippen molar-refractivity contribution in [2.24, 2.45) is 0 Å². The smallest absolute Gasteiger partial charge is 0.257 e. The third-order valence-corrected chi connectivity index (χ3v) is 4.45. The highest BCUT2D eigenvalue weighted by atomic mass is 16.5. The average Bonchev–Trinajstić information content (AvgIpc) is 3.05. The van der Waals surface area contributed by atoms with Crippen LogP contribution < -0.4 is 10.1 Å². The SMILES string of the molecule is COc1ncccc1C(=O)NC1CCCc2cn(CC(=O)N(C)C)nc21. The minimum atomic E-state index is -0.244. The van der Waals surface area contributed by atoms with Crippen molar-refractivity contribution in [1.29, 1.82) is 0 Å². The Hall–Kier alpha value is -2.90. The van der Waals surface area contributed by atoms with Crippen LogP contribution in [0, 0.1) is 0 Å². The molecule has 1 unspecified atom stereocenters. The lowest BCUT2D eigenvalue weighted by atomic mass is 9.93. The van der Waals surface area contributed by atoms with Crippen molar-refractivity contribution in [3.63, 3.8) is 0 Å². The van der Waals surface area contributed by atoms with Gasteiger partial charge >= 0.3 is 0 Å². The van der Waals surface area contributed by atoms with Crippen LogP contribution in [0.15, 0.2) is 24.5 Å². The monoisotopic (exact) mass is 357 g/mol. The molecule has 26 heavy (non-hydrogen) atoms. The molecule has 1 N–H and O–H groups in total. The first-order chi connectivity index (χ1) is 12.5. The molecule has 0 bridgehead atoms. The van der Waals surface area contributed by atoms with Gasteiger partial charge in [-0.1, -0.05) is 0 Å². The van der Waals surface area contributed by atoms with Crippen molar-refractivity contribution >= 4 is 11.8 Å². The lowest BCUT2D eigenvalue weighted by Crippen LogP contribution is -2.31. The van der Waals surface area contributed by atoms with Gasteiger partial charge in [-0.05, 0) is 37.0 Å². The number of nitrogens with one attached hydrogen (secondary N) is 1. The molecule has 1 aliphatic carbocycles. The van der Waals surface area contributed by atoms with Crippen LogP contribution in [-0.2, 0) is 17.8 Å². The van der Waals surface area contributed by atoms with E-state index in [0.29, 0.717) is 11.4 Å². The van der Waals surface area contributed by atoms with Gasteiger partial charge in [-0.25, -0.2) is 4.98 Å². The van der Waals surface area contributed by atoms with Gasteiger partial charge in [0.25, 0.3) is 5.91 Å². The number of methoxy groups -OCH3 is 1. The molecule has 0 fully saturated rings. The van der Waals surface area contributed by atoms with E-state index in [-0.39, 0.29) is 24.4 Å². The second-order valence-corrected chi connectivity index (χ2v) is 6.50. The summed E-state index contributed by atoms with van der Waals surface area (Å²) in [5, 5.41) is 7.58. The number of aryl methyl sites for hydroxylation is 1. The maximum absolute atomic E-state index is 12.6. The molecule has 0 spiro atoms. The van der Waals surface area contributed by atoms with Crippen molar-refractivity contribution in [2.75, 3.05) is 21.2 Å². The second-order valence-electron chi connectivity index (χ2n) is 6.50. The summed E-state index contributed by atoms with van der Waals surface area (Å²) >= 11 is 0. The van der Waals surface area contributed by atoms with Crippen LogP contribution in [0.4, 0.5) is 0 Å². The van der Waals surface area contributed by atoms with Crippen LogP contribution in [0.2, 0.25) is 0 Å². The standard InChI is InChI=1S/C18H23N5O3/c1-22(2)15(24)11-23-10-12-6-4-8-14(16(12)21-23)20-17(25)13-7-5-9-19-18(13)26-3/h5,7,9-10,14H,4,6,8,11H2,1-3H3,(H,20,25). The van der Waals surface area contributed by atoms with E-state index >= 15 is 0 Å². The summed E-state index contributed by atoms with van der Waals surface area (Å²) in [5.74, 6) is 0.0281. The largest absolute Gasteiger partial charge is 0.480 e. The molecule has 0 saturated carbocycles. The average molecular weight is 357 g/mol. The molecule has 0 saturated heterocycles. The number of carbonyl (C=O) groups excluding carboxylic acids is 2. The summed E-state index contributed by atoms with van der Waals surface area (Å²) in [7, 11) is 4.92. The van der Waals surface area contributed by atoms with Gasteiger partial charge in [0, 0.05) is 26.5 Å². The number of amides is 2. The Morgan fingerprint density at radius 2 is 2.23 bits per heavy atom. The quantitative estimate of drug-likeness (QED) is 0.868. The van der Waals surface area contributed by atoms with Crippen LogP contribution >= 0.6 is 0 Å². The van der Waals surface area contributed by atoms with E-state index in [1.807, 2.05) is 6.20 Å². The number of aromatic nitrogens is 3.